The number of aliphatic hydroxyl groups is 1. The summed E-state index contributed by atoms with van der Waals surface area (Å²) in [6.07, 6.45) is -13.9. The van der Waals surface area contributed by atoms with Crippen LogP contribution >= 0.6 is 0 Å². The molecule has 2 unspecified atom stereocenters. The summed E-state index contributed by atoms with van der Waals surface area (Å²) in [6.45, 7) is 2.99. The van der Waals surface area contributed by atoms with Gasteiger partial charge in [0.15, 0.2) is 0 Å². The summed E-state index contributed by atoms with van der Waals surface area (Å²) in [5.74, 6) is -47.6. The molecule has 1 aromatic rings. The Morgan fingerprint density at radius 3 is 1.56 bits per heavy atom. The minimum absolute atomic E-state index is 0.275. The predicted molar refractivity (Wildman–Crippen MR) is 92.1 cm³/mol. The Morgan fingerprint density at radius 2 is 1.11 bits per heavy atom. The lowest BCUT2D eigenvalue weighted by Gasteiger charge is -2.41. The molecule has 0 aromatic heterocycles. The van der Waals surface area contributed by atoms with E-state index in [1.54, 1.807) is 6.92 Å². The van der Waals surface area contributed by atoms with Gasteiger partial charge in [-0.1, -0.05) is 25.1 Å². The normalized spacial score (nSPS) is 16.6. The van der Waals surface area contributed by atoms with Crippen molar-refractivity contribution < 1.29 is 75.7 Å². The fraction of sp³-hybridized carbons (Fsp3) is 0.684. The summed E-state index contributed by atoms with van der Waals surface area (Å²) >= 11 is 0. The zero-order valence-corrected chi connectivity index (χ0v) is 17.9. The first kappa shape index (κ1) is 32.0. The van der Waals surface area contributed by atoms with Crippen LogP contribution in [0.2, 0.25) is 0 Å². The molecule has 0 aliphatic rings. The van der Waals surface area contributed by atoms with Crippen LogP contribution in [0, 0.1) is 0 Å². The molecule has 0 amide bonds. The third kappa shape index (κ3) is 5.03. The molecule has 0 saturated carbocycles. The van der Waals surface area contributed by atoms with Crippen LogP contribution in [-0.4, -0.2) is 52.9 Å². The van der Waals surface area contributed by atoms with Gasteiger partial charge in [-0.05, 0) is 19.4 Å². The van der Waals surface area contributed by atoms with Gasteiger partial charge in [0.2, 0.25) is 0 Å². The van der Waals surface area contributed by atoms with Crippen molar-refractivity contribution in [2.45, 2.75) is 80.6 Å². The van der Waals surface area contributed by atoms with Crippen molar-refractivity contribution in [3.8, 4) is 5.75 Å². The van der Waals surface area contributed by atoms with Crippen molar-refractivity contribution in [3.63, 3.8) is 0 Å². The van der Waals surface area contributed by atoms with Gasteiger partial charge in [-0.3, -0.25) is 0 Å². The molecule has 0 aliphatic heterocycles. The minimum Gasteiger partial charge on any atom is -0.490 e. The van der Waals surface area contributed by atoms with E-state index in [1.807, 2.05) is 0 Å². The van der Waals surface area contributed by atoms with E-state index >= 15 is 0 Å². The standard InChI is InChI=1S/C19H17F15O2/c1-3-9(2)36-12-7-5-4-6-10(12)11(35)8-13(20,21)14(22,23)15(24,25)16(26,27)17(28,29)18(30,31)19(32,33)34/h4-7,9,11,35H,3,8H2,1-2H3. The fourth-order valence-electron chi connectivity index (χ4n) is 2.64. The Balaban J connectivity index is 3.46. The van der Waals surface area contributed by atoms with Crippen LogP contribution in [0.3, 0.4) is 0 Å². The van der Waals surface area contributed by atoms with E-state index < -0.39 is 71.7 Å². The highest BCUT2D eigenvalue weighted by molar-refractivity contribution is 5.35. The van der Waals surface area contributed by atoms with Gasteiger partial charge < -0.3 is 9.84 Å². The number of halogens is 15. The topological polar surface area (TPSA) is 29.5 Å². The van der Waals surface area contributed by atoms with Crippen molar-refractivity contribution in [2.24, 2.45) is 0 Å². The molecule has 0 saturated heterocycles. The molecule has 2 atom stereocenters. The molecule has 0 spiro atoms. The van der Waals surface area contributed by atoms with Gasteiger partial charge in [-0.25, -0.2) is 0 Å². The lowest BCUT2D eigenvalue weighted by molar-refractivity contribution is -0.453. The van der Waals surface area contributed by atoms with Crippen molar-refractivity contribution in [2.75, 3.05) is 0 Å². The van der Waals surface area contributed by atoms with Crippen LogP contribution in [0.4, 0.5) is 65.9 Å². The zero-order valence-electron chi connectivity index (χ0n) is 17.9. The smallest absolute Gasteiger partial charge is 0.460 e. The number of benzene rings is 1. The quantitative estimate of drug-likeness (QED) is 0.281. The molecule has 1 aromatic carbocycles. The van der Waals surface area contributed by atoms with Crippen LogP contribution in [0.5, 0.6) is 5.75 Å². The molecule has 1 N–H and O–H groups in total. The molecule has 0 fully saturated rings. The largest absolute Gasteiger partial charge is 0.490 e. The molecule has 0 heterocycles. The Hall–Kier alpha value is -2.07. The zero-order chi connectivity index (χ0) is 28.8. The van der Waals surface area contributed by atoms with Gasteiger partial charge in [0.05, 0.1) is 12.2 Å². The maximum atomic E-state index is 14.1. The third-order valence-electron chi connectivity index (χ3n) is 5.02. The molecule has 0 radical (unpaired) electrons. The van der Waals surface area contributed by atoms with Crippen LogP contribution in [0.1, 0.15) is 38.4 Å². The second kappa shape index (κ2) is 9.67. The number of alkyl halides is 15. The summed E-state index contributed by atoms with van der Waals surface area (Å²) < 4.78 is 205. The highest BCUT2D eigenvalue weighted by Crippen LogP contribution is 2.63. The van der Waals surface area contributed by atoms with Crippen LogP contribution in [-0.2, 0) is 0 Å². The van der Waals surface area contributed by atoms with Crippen LogP contribution in [0.15, 0.2) is 24.3 Å². The van der Waals surface area contributed by atoms with E-state index in [-0.39, 0.29) is 6.42 Å². The van der Waals surface area contributed by atoms with Crippen molar-refractivity contribution in [1.82, 2.24) is 0 Å². The SMILES string of the molecule is CCC(C)Oc1ccccc1C(O)CC(F)(F)C(F)(F)C(F)(F)C(F)(F)C(F)(F)C(F)(F)C(F)(F)F. The Morgan fingerprint density at radius 1 is 0.694 bits per heavy atom. The van der Waals surface area contributed by atoms with E-state index in [9.17, 15) is 71.0 Å². The van der Waals surface area contributed by atoms with Gasteiger partial charge in [0, 0.05) is 12.0 Å². The number of hydrogen-bond acceptors (Lipinski definition) is 2. The number of rotatable bonds is 11. The highest BCUT2D eigenvalue weighted by atomic mass is 19.4. The molecular formula is C19H17F15O2. The van der Waals surface area contributed by atoms with Crippen LogP contribution in [0.25, 0.3) is 0 Å². The molecule has 210 valence electrons. The van der Waals surface area contributed by atoms with Gasteiger partial charge in [-0.2, -0.15) is 65.9 Å². The lowest BCUT2D eigenvalue weighted by atomic mass is 9.88. The maximum absolute atomic E-state index is 14.1. The second-order valence-corrected chi connectivity index (χ2v) is 7.67. The average molecular weight is 562 g/mol. The summed E-state index contributed by atoms with van der Waals surface area (Å²) in [7, 11) is 0. The number of ether oxygens (including phenoxy) is 1. The van der Waals surface area contributed by atoms with Crippen molar-refractivity contribution >= 4 is 0 Å². The monoisotopic (exact) mass is 562 g/mol. The van der Waals surface area contributed by atoms with Gasteiger partial charge in [0.1, 0.15) is 5.75 Å². The lowest BCUT2D eigenvalue weighted by Crippen LogP contribution is -2.72. The highest BCUT2D eigenvalue weighted by Gasteiger charge is 2.93. The Labute approximate surface area is 193 Å². The molecular weight excluding hydrogens is 545 g/mol. The molecule has 17 heteroatoms. The first-order chi connectivity index (χ1) is 15.8. The van der Waals surface area contributed by atoms with Gasteiger partial charge >= 0.3 is 41.7 Å². The molecule has 0 aliphatic carbocycles. The number of aliphatic hydroxyl groups excluding tert-OH is 1. The van der Waals surface area contributed by atoms with Crippen molar-refractivity contribution in [1.29, 1.82) is 0 Å². The first-order valence-corrected chi connectivity index (χ1v) is 9.60. The van der Waals surface area contributed by atoms with Gasteiger partial charge in [0.25, 0.3) is 0 Å². The summed E-state index contributed by atoms with van der Waals surface area (Å²) in [5.41, 5.74) is -0.766. The van der Waals surface area contributed by atoms with E-state index in [4.69, 9.17) is 4.74 Å². The van der Waals surface area contributed by atoms with E-state index in [0.29, 0.717) is 0 Å². The number of hydrogen-bond donors (Lipinski definition) is 1. The van der Waals surface area contributed by atoms with E-state index in [2.05, 4.69) is 0 Å². The van der Waals surface area contributed by atoms with E-state index in [1.165, 1.54) is 13.0 Å². The number of para-hydroxylation sites is 1. The third-order valence-corrected chi connectivity index (χ3v) is 5.02. The second-order valence-electron chi connectivity index (χ2n) is 7.67. The minimum atomic E-state index is -8.37. The molecule has 0 bridgehead atoms. The predicted octanol–water partition coefficient (Wildman–Crippen LogP) is 7.66. The molecule has 36 heavy (non-hydrogen) atoms. The Kier molecular flexibility index (Phi) is 8.58. The molecule has 2 nitrogen and oxygen atoms in total. The first-order valence-electron chi connectivity index (χ1n) is 9.60. The van der Waals surface area contributed by atoms with E-state index in [0.717, 1.165) is 18.2 Å². The van der Waals surface area contributed by atoms with Gasteiger partial charge in [-0.15, -0.1) is 0 Å². The summed E-state index contributed by atoms with van der Waals surface area (Å²) in [4.78, 5) is 0. The summed E-state index contributed by atoms with van der Waals surface area (Å²) in [6, 6.07) is 3.98. The fourth-order valence-corrected chi connectivity index (χ4v) is 2.64. The average Bonchev–Trinajstić information content (AvgIpc) is 2.72. The Bertz CT molecular complexity index is 895. The summed E-state index contributed by atoms with van der Waals surface area (Å²) in [5, 5.41) is 9.91. The molecule has 1 rings (SSSR count). The van der Waals surface area contributed by atoms with Crippen LogP contribution < -0.4 is 4.74 Å². The maximum Gasteiger partial charge on any atom is 0.460 e. The van der Waals surface area contributed by atoms with Crippen molar-refractivity contribution in [3.05, 3.63) is 29.8 Å².